The third kappa shape index (κ3) is 3.10. The van der Waals surface area contributed by atoms with Gasteiger partial charge in [-0.1, -0.05) is 6.07 Å². The second-order valence-electron chi connectivity index (χ2n) is 7.57. The van der Waals surface area contributed by atoms with E-state index >= 15 is 0 Å². The van der Waals surface area contributed by atoms with Crippen LogP contribution in [0.15, 0.2) is 46.2 Å². The van der Waals surface area contributed by atoms with Crippen molar-refractivity contribution in [3.8, 4) is 0 Å². The van der Waals surface area contributed by atoms with Crippen LogP contribution in [0.2, 0.25) is 0 Å². The molecule has 2 aliphatic rings. The first kappa shape index (κ1) is 17.5. The fourth-order valence-electron chi connectivity index (χ4n) is 4.06. The molecule has 3 aromatic rings. The van der Waals surface area contributed by atoms with Crippen LogP contribution in [-0.2, 0) is 4.74 Å². The summed E-state index contributed by atoms with van der Waals surface area (Å²) in [6.45, 7) is 2.99. The zero-order valence-corrected chi connectivity index (χ0v) is 16.1. The number of nitrogens with one attached hydrogen (secondary N) is 1. The molecule has 2 saturated heterocycles. The molecular weight excluding hydrogens is 376 g/mol. The molecule has 2 fully saturated rings. The van der Waals surface area contributed by atoms with E-state index in [0.29, 0.717) is 21.9 Å². The summed E-state index contributed by atoms with van der Waals surface area (Å²) < 4.78 is 11.3. The monoisotopic (exact) mass is 396 g/mol. The number of rotatable bonds is 3. The topological polar surface area (TPSA) is 71.8 Å². The maximum atomic E-state index is 12.9. The highest BCUT2D eigenvalue weighted by molar-refractivity contribution is 7.12. The number of likely N-dealkylation sites (tertiary alicyclic amines) is 1. The summed E-state index contributed by atoms with van der Waals surface area (Å²) in [6.07, 6.45) is 2.00. The van der Waals surface area contributed by atoms with Crippen molar-refractivity contribution in [2.45, 2.75) is 12.8 Å². The molecule has 0 bridgehead atoms. The lowest BCUT2D eigenvalue weighted by atomic mass is 9.87. The molecule has 2 aromatic heterocycles. The Kier molecular flexibility index (Phi) is 4.21. The molecule has 1 unspecified atom stereocenters. The minimum Gasteiger partial charge on any atom is -0.451 e. The van der Waals surface area contributed by atoms with Crippen LogP contribution in [0.25, 0.3) is 11.0 Å². The third-order valence-electron chi connectivity index (χ3n) is 5.64. The van der Waals surface area contributed by atoms with Gasteiger partial charge in [0.1, 0.15) is 5.58 Å². The molecule has 5 rings (SSSR count). The predicted octanol–water partition coefficient (Wildman–Crippen LogP) is 4.00. The van der Waals surface area contributed by atoms with Gasteiger partial charge in [-0.3, -0.25) is 9.59 Å². The molecule has 28 heavy (non-hydrogen) atoms. The van der Waals surface area contributed by atoms with Crippen molar-refractivity contribution in [2.75, 3.05) is 31.6 Å². The molecule has 2 amide bonds. The molecule has 7 heteroatoms. The summed E-state index contributed by atoms with van der Waals surface area (Å²) >= 11 is 1.39. The van der Waals surface area contributed by atoms with Crippen molar-refractivity contribution < 1.29 is 18.7 Å². The Labute approximate surface area is 166 Å². The Hall–Kier alpha value is -2.64. The quantitative estimate of drug-likeness (QED) is 0.726. The van der Waals surface area contributed by atoms with Gasteiger partial charge in [0.15, 0.2) is 5.76 Å². The Morgan fingerprint density at radius 1 is 1.18 bits per heavy atom. The average molecular weight is 396 g/mol. The Balaban J connectivity index is 1.33. The molecule has 2 aliphatic heterocycles. The van der Waals surface area contributed by atoms with E-state index in [1.54, 1.807) is 24.3 Å². The molecule has 0 saturated carbocycles. The Bertz CT molecular complexity index is 1030. The number of thiophene rings is 1. The second-order valence-corrected chi connectivity index (χ2v) is 8.52. The van der Waals surface area contributed by atoms with E-state index in [9.17, 15) is 9.59 Å². The number of ether oxygens (including phenoxy) is 1. The summed E-state index contributed by atoms with van der Waals surface area (Å²) in [6, 6.07) is 10.8. The minimum absolute atomic E-state index is 0.0795. The fraction of sp³-hybridized carbons (Fsp3) is 0.333. The van der Waals surface area contributed by atoms with Crippen LogP contribution in [-0.4, -0.2) is 43.0 Å². The smallest absolute Gasteiger partial charge is 0.289 e. The van der Waals surface area contributed by atoms with Gasteiger partial charge in [-0.2, -0.15) is 0 Å². The number of nitrogens with zero attached hydrogens (tertiary/aromatic N) is 1. The zero-order chi connectivity index (χ0) is 19.1. The fourth-order valence-corrected chi connectivity index (χ4v) is 4.68. The molecule has 1 N–H and O–H groups in total. The number of fused-ring (bicyclic) bond motifs is 1. The maximum Gasteiger partial charge on any atom is 0.289 e. The van der Waals surface area contributed by atoms with Crippen molar-refractivity contribution in [3.63, 3.8) is 0 Å². The zero-order valence-electron chi connectivity index (χ0n) is 15.3. The van der Waals surface area contributed by atoms with Crippen molar-refractivity contribution >= 4 is 39.8 Å². The van der Waals surface area contributed by atoms with Gasteiger partial charge in [0.05, 0.1) is 11.5 Å². The van der Waals surface area contributed by atoms with Crippen LogP contribution in [0.5, 0.6) is 0 Å². The predicted molar refractivity (Wildman–Crippen MR) is 107 cm³/mol. The lowest BCUT2D eigenvalue weighted by Crippen LogP contribution is -2.32. The summed E-state index contributed by atoms with van der Waals surface area (Å²) in [5.74, 6) is 0.118. The first-order chi connectivity index (χ1) is 13.6. The van der Waals surface area contributed by atoms with E-state index < -0.39 is 0 Å². The molecule has 144 valence electrons. The lowest BCUT2D eigenvalue weighted by Gasteiger charge is -2.21. The van der Waals surface area contributed by atoms with E-state index in [0.717, 1.165) is 44.5 Å². The summed E-state index contributed by atoms with van der Waals surface area (Å²) in [7, 11) is 0. The van der Waals surface area contributed by atoms with E-state index in [4.69, 9.17) is 9.15 Å². The van der Waals surface area contributed by atoms with E-state index in [1.807, 2.05) is 22.4 Å². The van der Waals surface area contributed by atoms with Crippen molar-refractivity contribution in [1.29, 1.82) is 0 Å². The number of hydrogen-bond donors (Lipinski definition) is 1. The van der Waals surface area contributed by atoms with Gasteiger partial charge in [0.2, 0.25) is 0 Å². The van der Waals surface area contributed by atoms with E-state index in [2.05, 4.69) is 5.32 Å². The molecule has 1 aromatic carbocycles. The van der Waals surface area contributed by atoms with Crippen LogP contribution in [0.3, 0.4) is 0 Å². The number of carbonyl (C=O) groups excluding carboxylic acids is 2. The number of benzene rings is 1. The highest BCUT2D eigenvalue weighted by Gasteiger charge is 2.43. The molecule has 1 atom stereocenters. The molecule has 6 nitrogen and oxygen atoms in total. The first-order valence-corrected chi connectivity index (χ1v) is 10.3. The highest BCUT2D eigenvalue weighted by atomic mass is 32.1. The number of anilines is 1. The van der Waals surface area contributed by atoms with Crippen molar-refractivity contribution in [2.24, 2.45) is 5.41 Å². The average Bonchev–Trinajstić information content (AvgIpc) is 3.49. The highest BCUT2D eigenvalue weighted by Crippen LogP contribution is 2.39. The Morgan fingerprint density at radius 2 is 2.11 bits per heavy atom. The molecule has 0 radical (unpaired) electrons. The van der Waals surface area contributed by atoms with Gasteiger partial charge in [0, 0.05) is 36.2 Å². The minimum atomic E-state index is -0.143. The van der Waals surface area contributed by atoms with Gasteiger partial charge >= 0.3 is 0 Å². The normalized spacial score (nSPS) is 21.6. The number of furan rings is 1. The van der Waals surface area contributed by atoms with Gasteiger partial charge < -0.3 is 19.4 Å². The first-order valence-electron chi connectivity index (χ1n) is 9.37. The Morgan fingerprint density at radius 3 is 2.89 bits per heavy atom. The van der Waals surface area contributed by atoms with E-state index in [-0.39, 0.29) is 17.2 Å². The van der Waals surface area contributed by atoms with Gasteiger partial charge in [-0.05, 0) is 48.6 Å². The molecule has 4 heterocycles. The second kappa shape index (κ2) is 6.76. The SMILES string of the molecule is O=C(Nc1ccc2oc(C(=O)N3CCC4(CCOC4)C3)cc2c1)c1cccs1. The molecule has 0 aliphatic carbocycles. The molecular formula is C21H20N2O4S. The maximum absolute atomic E-state index is 12.9. The summed E-state index contributed by atoms with van der Waals surface area (Å²) in [5.41, 5.74) is 1.44. The number of hydrogen-bond acceptors (Lipinski definition) is 5. The van der Waals surface area contributed by atoms with E-state index in [1.165, 1.54) is 11.3 Å². The van der Waals surface area contributed by atoms with Crippen LogP contribution in [0, 0.1) is 5.41 Å². The van der Waals surface area contributed by atoms with Crippen molar-refractivity contribution in [3.05, 3.63) is 52.4 Å². The summed E-state index contributed by atoms with van der Waals surface area (Å²) in [4.78, 5) is 27.6. The third-order valence-corrected chi connectivity index (χ3v) is 6.51. The van der Waals surface area contributed by atoms with Crippen LogP contribution in [0.1, 0.15) is 33.1 Å². The van der Waals surface area contributed by atoms with Crippen LogP contribution < -0.4 is 5.32 Å². The van der Waals surface area contributed by atoms with Gasteiger partial charge in [-0.15, -0.1) is 11.3 Å². The molecule has 1 spiro atoms. The summed E-state index contributed by atoms with van der Waals surface area (Å²) in [5, 5.41) is 5.55. The largest absolute Gasteiger partial charge is 0.451 e. The number of amides is 2. The van der Waals surface area contributed by atoms with Gasteiger partial charge in [0.25, 0.3) is 11.8 Å². The van der Waals surface area contributed by atoms with Crippen molar-refractivity contribution in [1.82, 2.24) is 4.90 Å². The van der Waals surface area contributed by atoms with Crippen LogP contribution in [0.4, 0.5) is 5.69 Å². The lowest BCUT2D eigenvalue weighted by molar-refractivity contribution is 0.0736. The van der Waals surface area contributed by atoms with Gasteiger partial charge in [-0.25, -0.2) is 0 Å². The van der Waals surface area contributed by atoms with Crippen LogP contribution >= 0.6 is 11.3 Å². The number of carbonyl (C=O) groups is 2. The standard InChI is InChI=1S/C21H20N2O4S/c24-19(18-2-1-9-28-18)22-15-3-4-16-14(10-15)11-17(27-16)20(25)23-7-5-21(12-23)6-8-26-13-21/h1-4,9-11H,5-8,12-13H2,(H,22,24).